The third kappa shape index (κ3) is 1.38. The Hall–Kier alpha value is -0.120. The maximum Gasteiger partial charge on any atom is 0.0352 e. The standard InChI is InChI=1S/C11H21N3/c1-13-5-6-14-9(8-13)7-12-10-3-2-4-11(10)14/h9-12H,2-8H2,1H3. The number of nitrogens with zero attached hydrogens (tertiary/aromatic N) is 2. The lowest BCUT2D eigenvalue weighted by Gasteiger charge is -2.49. The van der Waals surface area contributed by atoms with Gasteiger partial charge >= 0.3 is 0 Å². The second kappa shape index (κ2) is 3.47. The summed E-state index contributed by atoms with van der Waals surface area (Å²) in [5.74, 6) is 0. The molecule has 0 spiro atoms. The van der Waals surface area contributed by atoms with Crippen LogP contribution in [0.4, 0.5) is 0 Å². The summed E-state index contributed by atoms with van der Waals surface area (Å²) in [5.41, 5.74) is 0. The van der Waals surface area contributed by atoms with E-state index in [1.165, 1.54) is 45.4 Å². The maximum atomic E-state index is 3.73. The summed E-state index contributed by atoms with van der Waals surface area (Å²) < 4.78 is 0. The van der Waals surface area contributed by atoms with E-state index in [1.54, 1.807) is 0 Å². The molecule has 0 radical (unpaired) electrons. The van der Waals surface area contributed by atoms with Crippen molar-refractivity contribution >= 4 is 0 Å². The molecule has 1 saturated carbocycles. The number of hydrogen-bond acceptors (Lipinski definition) is 3. The van der Waals surface area contributed by atoms with Crippen LogP contribution in [0.5, 0.6) is 0 Å². The fraction of sp³-hybridized carbons (Fsp3) is 1.00. The van der Waals surface area contributed by atoms with Crippen LogP contribution in [0.3, 0.4) is 0 Å². The minimum absolute atomic E-state index is 0.785. The average Bonchev–Trinajstić information content (AvgIpc) is 2.65. The smallest absolute Gasteiger partial charge is 0.0352 e. The second-order valence-corrected chi connectivity index (χ2v) is 5.17. The lowest BCUT2D eigenvalue weighted by Crippen LogP contribution is -2.66. The molecule has 3 aliphatic rings. The molecule has 3 rings (SSSR count). The topological polar surface area (TPSA) is 18.5 Å². The van der Waals surface area contributed by atoms with Crippen molar-refractivity contribution in [2.24, 2.45) is 0 Å². The highest BCUT2D eigenvalue weighted by Gasteiger charge is 2.41. The van der Waals surface area contributed by atoms with Crippen LogP contribution in [0, 0.1) is 0 Å². The fourth-order valence-electron chi connectivity index (χ4n) is 3.51. The molecule has 0 amide bonds. The molecule has 2 heterocycles. The predicted octanol–water partition coefficient (Wildman–Crippen LogP) is 0.127. The summed E-state index contributed by atoms with van der Waals surface area (Å²) in [7, 11) is 2.25. The Morgan fingerprint density at radius 2 is 2.14 bits per heavy atom. The number of rotatable bonds is 0. The molecule has 0 bridgehead atoms. The third-order valence-electron chi connectivity index (χ3n) is 4.25. The van der Waals surface area contributed by atoms with E-state index in [4.69, 9.17) is 0 Å². The zero-order chi connectivity index (χ0) is 9.54. The molecule has 3 atom stereocenters. The van der Waals surface area contributed by atoms with E-state index in [1.807, 2.05) is 0 Å². The van der Waals surface area contributed by atoms with Crippen molar-refractivity contribution in [3.05, 3.63) is 0 Å². The molecule has 0 aromatic carbocycles. The molecule has 80 valence electrons. The summed E-state index contributed by atoms with van der Waals surface area (Å²) in [5, 5.41) is 3.73. The van der Waals surface area contributed by atoms with E-state index in [0.717, 1.165) is 18.1 Å². The Balaban J connectivity index is 1.74. The minimum atomic E-state index is 0.785. The third-order valence-corrected chi connectivity index (χ3v) is 4.25. The fourth-order valence-corrected chi connectivity index (χ4v) is 3.51. The first-order chi connectivity index (χ1) is 6.84. The van der Waals surface area contributed by atoms with Crippen LogP contribution in [0.25, 0.3) is 0 Å². The monoisotopic (exact) mass is 195 g/mol. The quantitative estimate of drug-likeness (QED) is 0.592. The van der Waals surface area contributed by atoms with E-state index in [9.17, 15) is 0 Å². The zero-order valence-corrected chi connectivity index (χ0v) is 9.08. The molecule has 1 aliphatic carbocycles. The average molecular weight is 195 g/mol. The highest BCUT2D eigenvalue weighted by molar-refractivity contribution is 5.00. The Labute approximate surface area is 86.4 Å². The van der Waals surface area contributed by atoms with Gasteiger partial charge in [-0.1, -0.05) is 6.42 Å². The number of fused-ring (bicyclic) bond motifs is 3. The number of likely N-dealkylation sites (N-methyl/N-ethyl adjacent to an activating group) is 1. The molecule has 2 saturated heterocycles. The highest BCUT2D eigenvalue weighted by atomic mass is 15.3. The predicted molar refractivity (Wildman–Crippen MR) is 57.4 cm³/mol. The van der Waals surface area contributed by atoms with Gasteiger partial charge in [0.2, 0.25) is 0 Å². The molecule has 1 N–H and O–H groups in total. The molecule has 0 aromatic rings. The van der Waals surface area contributed by atoms with Gasteiger partial charge in [-0.15, -0.1) is 0 Å². The Bertz CT molecular complexity index is 219. The number of piperazine rings is 2. The molecule has 3 heteroatoms. The largest absolute Gasteiger partial charge is 0.311 e. The van der Waals surface area contributed by atoms with Crippen molar-refractivity contribution in [1.29, 1.82) is 0 Å². The molecule has 2 aliphatic heterocycles. The SMILES string of the molecule is CN1CCN2C(CNC3CCCC32)C1. The van der Waals surface area contributed by atoms with Crippen LogP contribution in [-0.2, 0) is 0 Å². The van der Waals surface area contributed by atoms with E-state index in [0.29, 0.717) is 0 Å². The van der Waals surface area contributed by atoms with Gasteiger partial charge in [0.1, 0.15) is 0 Å². The second-order valence-electron chi connectivity index (χ2n) is 5.17. The molecule has 0 aromatic heterocycles. The van der Waals surface area contributed by atoms with Crippen LogP contribution in [-0.4, -0.2) is 61.2 Å². The van der Waals surface area contributed by atoms with Crippen LogP contribution >= 0.6 is 0 Å². The van der Waals surface area contributed by atoms with Gasteiger partial charge in [-0.3, -0.25) is 4.90 Å². The number of hydrogen-bond donors (Lipinski definition) is 1. The van der Waals surface area contributed by atoms with Crippen LogP contribution < -0.4 is 5.32 Å². The summed E-state index contributed by atoms with van der Waals surface area (Å²) in [6.07, 6.45) is 4.27. The van der Waals surface area contributed by atoms with E-state index >= 15 is 0 Å². The van der Waals surface area contributed by atoms with Gasteiger partial charge < -0.3 is 10.2 Å². The van der Waals surface area contributed by atoms with Gasteiger partial charge in [-0.05, 0) is 19.9 Å². The van der Waals surface area contributed by atoms with E-state index in [2.05, 4.69) is 22.2 Å². The summed E-state index contributed by atoms with van der Waals surface area (Å²) in [4.78, 5) is 5.26. The molecule has 14 heavy (non-hydrogen) atoms. The number of nitrogens with one attached hydrogen (secondary N) is 1. The van der Waals surface area contributed by atoms with Gasteiger partial charge in [-0.2, -0.15) is 0 Å². The van der Waals surface area contributed by atoms with Crippen LogP contribution in [0.2, 0.25) is 0 Å². The normalized spacial score (nSPS) is 44.8. The van der Waals surface area contributed by atoms with Gasteiger partial charge in [0.15, 0.2) is 0 Å². The summed E-state index contributed by atoms with van der Waals surface area (Å²) >= 11 is 0. The van der Waals surface area contributed by atoms with Crippen molar-refractivity contribution in [3.63, 3.8) is 0 Å². The molecular weight excluding hydrogens is 174 g/mol. The molecule has 3 fully saturated rings. The van der Waals surface area contributed by atoms with Crippen molar-refractivity contribution in [3.8, 4) is 0 Å². The Kier molecular flexibility index (Phi) is 2.26. The highest BCUT2D eigenvalue weighted by Crippen LogP contribution is 2.30. The molecule has 3 unspecified atom stereocenters. The minimum Gasteiger partial charge on any atom is -0.311 e. The first-order valence-corrected chi connectivity index (χ1v) is 6.02. The Morgan fingerprint density at radius 3 is 3.07 bits per heavy atom. The van der Waals surface area contributed by atoms with Crippen LogP contribution in [0.15, 0.2) is 0 Å². The molecule has 3 nitrogen and oxygen atoms in total. The van der Waals surface area contributed by atoms with Gasteiger partial charge in [0.05, 0.1) is 0 Å². The van der Waals surface area contributed by atoms with Gasteiger partial charge in [0, 0.05) is 44.3 Å². The Morgan fingerprint density at radius 1 is 1.21 bits per heavy atom. The van der Waals surface area contributed by atoms with E-state index < -0.39 is 0 Å². The van der Waals surface area contributed by atoms with Crippen molar-refractivity contribution in [2.75, 3.05) is 33.2 Å². The van der Waals surface area contributed by atoms with Gasteiger partial charge in [0.25, 0.3) is 0 Å². The molecular formula is C11H21N3. The maximum absolute atomic E-state index is 3.73. The van der Waals surface area contributed by atoms with Crippen LogP contribution in [0.1, 0.15) is 19.3 Å². The lowest BCUT2D eigenvalue weighted by molar-refractivity contribution is 0.0174. The van der Waals surface area contributed by atoms with Crippen molar-refractivity contribution in [2.45, 2.75) is 37.4 Å². The first-order valence-electron chi connectivity index (χ1n) is 6.02. The zero-order valence-electron chi connectivity index (χ0n) is 9.08. The van der Waals surface area contributed by atoms with Crippen molar-refractivity contribution in [1.82, 2.24) is 15.1 Å². The van der Waals surface area contributed by atoms with Crippen molar-refractivity contribution < 1.29 is 0 Å². The van der Waals surface area contributed by atoms with Gasteiger partial charge in [-0.25, -0.2) is 0 Å². The van der Waals surface area contributed by atoms with E-state index in [-0.39, 0.29) is 0 Å². The lowest BCUT2D eigenvalue weighted by atomic mass is 10.00. The summed E-state index contributed by atoms with van der Waals surface area (Å²) in [6, 6.07) is 2.46. The first kappa shape index (κ1) is 9.13. The summed E-state index contributed by atoms with van der Waals surface area (Å²) in [6.45, 7) is 5.03.